The van der Waals surface area contributed by atoms with Gasteiger partial charge in [0, 0.05) is 12.1 Å². The molecular formula is C7H13N2. The molecule has 1 radical (unpaired) electrons. The lowest BCUT2D eigenvalue weighted by Crippen LogP contribution is -2.70. The minimum absolute atomic E-state index is 0.484. The number of hydrazine groups is 1. The van der Waals surface area contributed by atoms with Crippen LogP contribution in [0.3, 0.4) is 0 Å². The molecule has 51 valence electrons. The van der Waals surface area contributed by atoms with Gasteiger partial charge in [0.25, 0.3) is 0 Å². The Morgan fingerprint density at radius 3 is 2.67 bits per heavy atom. The molecule has 0 aromatic rings. The van der Waals surface area contributed by atoms with Gasteiger partial charge in [-0.1, -0.05) is 12.8 Å². The molecule has 2 nitrogen and oxygen atoms in total. The summed E-state index contributed by atoms with van der Waals surface area (Å²) < 4.78 is 0. The highest BCUT2D eigenvalue weighted by Crippen LogP contribution is 2.29. The van der Waals surface area contributed by atoms with Crippen LogP contribution >= 0.6 is 0 Å². The molecule has 2 fully saturated rings. The third-order valence-corrected chi connectivity index (χ3v) is 2.38. The van der Waals surface area contributed by atoms with Crippen molar-refractivity contribution in [3.05, 3.63) is 6.42 Å². The van der Waals surface area contributed by atoms with Gasteiger partial charge in [0.2, 0.25) is 0 Å². The summed E-state index contributed by atoms with van der Waals surface area (Å²) in [5.74, 6) is 0. The Kier molecular flexibility index (Phi) is 1.24. The normalized spacial score (nSPS) is 32.0. The van der Waals surface area contributed by atoms with Crippen LogP contribution in [-0.2, 0) is 0 Å². The molecule has 1 heterocycles. The summed E-state index contributed by atoms with van der Waals surface area (Å²) >= 11 is 0. The van der Waals surface area contributed by atoms with Crippen LogP contribution in [0.25, 0.3) is 0 Å². The zero-order valence-electron chi connectivity index (χ0n) is 5.61. The van der Waals surface area contributed by atoms with Crippen LogP contribution in [0.4, 0.5) is 0 Å². The van der Waals surface area contributed by atoms with E-state index in [0.717, 1.165) is 0 Å². The highest BCUT2D eigenvalue weighted by Gasteiger charge is 2.37. The van der Waals surface area contributed by atoms with Crippen molar-refractivity contribution < 1.29 is 0 Å². The fourth-order valence-corrected chi connectivity index (χ4v) is 1.68. The Hall–Kier alpha value is -0.0800. The second kappa shape index (κ2) is 1.96. The number of nitrogens with one attached hydrogen (secondary N) is 2. The molecule has 9 heavy (non-hydrogen) atoms. The fraction of sp³-hybridized carbons (Fsp3) is 0.857. The molecule has 1 saturated carbocycles. The van der Waals surface area contributed by atoms with Gasteiger partial charge in [-0.25, -0.2) is 0 Å². The van der Waals surface area contributed by atoms with Crippen LogP contribution < -0.4 is 10.9 Å². The first-order chi connectivity index (χ1) is 4.41. The van der Waals surface area contributed by atoms with E-state index in [0.29, 0.717) is 5.54 Å². The van der Waals surface area contributed by atoms with Crippen molar-refractivity contribution >= 4 is 0 Å². The zero-order valence-corrected chi connectivity index (χ0v) is 5.61. The minimum atomic E-state index is 0.484. The topological polar surface area (TPSA) is 24.1 Å². The molecule has 1 aliphatic carbocycles. The van der Waals surface area contributed by atoms with E-state index in [1.807, 2.05) is 0 Å². The lowest BCUT2D eigenvalue weighted by molar-refractivity contribution is 0.129. The maximum absolute atomic E-state index is 3.28. The van der Waals surface area contributed by atoms with E-state index in [4.69, 9.17) is 0 Å². The van der Waals surface area contributed by atoms with Gasteiger partial charge in [-0.15, -0.1) is 0 Å². The summed E-state index contributed by atoms with van der Waals surface area (Å²) in [5, 5.41) is 0. The van der Waals surface area contributed by atoms with E-state index in [1.54, 1.807) is 0 Å². The van der Waals surface area contributed by atoms with E-state index in [9.17, 15) is 0 Å². The molecule has 0 bridgehead atoms. The van der Waals surface area contributed by atoms with E-state index in [-0.39, 0.29) is 0 Å². The summed E-state index contributed by atoms with van der Waals surface area (Å²) in [7, 11) is 0. The average Bonchev–Trinajstić information content (AvgIpc) is 1.87. The number of hydrogen-bond donors (Lipinski definition) is 2. The van der Waals surface area contributed by atoms with E-state index in [1.165, 1.54) is 32.2 Å². The summed E-state index contributed by atoms with van der Waals surface area (Å²) in [5.41, 5.74) is 6.87. The summed E-state index contributed by atoms with van der Waals surface area (Å²) in [6, 6.07) is 0. The third-order valence-electron chi connectivity index (χ3n) is 2.38. The van der Waals surface area contributed by atoms with E-state index in [2.05, 4.69) is 17.3 Å². The minimum Gasteiger partial charge on any atom is -0.255 e. The van der Waals surface area contributed by atoms with Crippen molar-refractivity contribution in [1.29, 1.82) is 0 Å². The molecule has 2 N–H and O–H groups in total. The first-order valence-electron chi connectivity index (χ1n) is 3.73. The second-order valence-electron chi connectivity index (χ2n) is 3.14. The predicted molar refractivity (Wildman–Crippen MR) is 36.6 cm³/mol. The molecule has 1 saturated heterocycles. The Labute approximate surface area is 56.0 Å². The molecule has 2 rings (SSSR count). The van der Waals surface area contributed by atoms with Crippen LogP contribution in [0.2, 0.25) is 0 Å². The summed E-state index contributed by atoms with van der Waals surface area (Å²) in [4.78, 5) is 0. The molecule has 1 unspecified atom stereocenters. The van der Waals surface area contributed by atoms with Crippen molar-refractivity contribution in [1.82, 2.24) is 10.9 Å². The third kappa shape index (κ3) is 0.864. The number of hydrogen-bond acceptors (Lipinski definition) is 2. The second-order valence-corrected chi connectivity index (χ2v) is 3.14. The van der Waals surface area contributed by atoms with Crippen LogP contribution in [0.1, 0.15) is 25.7 Å². The van der Waals surface area contributed by atoms with Gasteiger partial charge in [0.05, 0.1) is 0 Å². The zero-order chi connectivity index (χ0) is 6.16. The van der Waals surface area contributed by atoms with Crippen LogP contribution in [0, 0.1) is 6.42 Å². The maximum atomic E-state index is 3.28. The van der Waals surface area contributed by atoms with Gasteiger partial charge < -0.3 is 0 Å². The largest absolute Gasteiger partial charge is 0.255 e. The molecule has 0 aromatic heterocycles. The standard InChI is InChI=1S/C7H13N2/c1-2-4-7(5-3-1)6-8-9-7/h2,8-9H,1,3-6H2. The maximum Gasteiger partial charge on any atom is 0.0464 e. The molecule has 1 spiro atoms. The van der Waals surface area contributed by atoms with E-state index >= 15 is 0 Å². The van der Waals surface area contributed by atoms with Gasteiger partial charge in [0.1, 0.15) is 0 Å². The monoisotopic (exact) mass is 125 g/mol. The van der Waals surface area contributed by atoms with Crippen LogP contribution in [0.5, 0.6) is 0 Å². The van der Waals surface area contributed by atoms with Gasteiger partial charge in [-0.2, -0.15) is 0 Å². The molecule has 1 aliphatic heterocycles. The quantitative estimate of drug-likeness (QED) is 0.495. The lowest BCUT2D eigenvalue weighted by Gasteiger charge is -2.46. The molecule has 2 aliphatic rings. The molecule has 1 atom stereocenters. The smallest absolute Gasteiger partial charge is 0.0464 e. The first kappa shape index (κ1) is 5.69. The van der Waals surface area contributed by atoms with Crippen molar-refractivity contribution in [2.45, 2.75) is 31.2 Å². The molecule has 2 heteroatoms. The van der Waals surface area contributed by atoms with Gasteiger partial charge in [-0.05, 0) is 19.3 Å². The highest BCUT2D eigenvalue weighted by atomic mass is 15.5. The fourth-order valence-electron chi connectivity index (χ4n) is 1.68. The SMILES string of the molecule is [CH]1CCCC2(C1)CNN2. The predicted octanol–water partition coefficient (Wildman–Crippen LogP) is 0.611. The van der Waals surface area contributed by atoms with Gasteiger partial charge in [0.15, 0.2) is 0 Å². The first-order valence-corrected chi connectivity index (χ1v) is 3.73. The van der Waals surface area contributed by atoms with Crippen LogP contribution in [-0.4, -0.2) is 12.1 Å². The lowest BCUT2D eigenvalue weighted by atomic mass is 9.80. The summed E-state index contributed by atoms with van der Waals surface area (Å²) in [6.45, 7) is 1.17. The Morgan fingerprint density at radius 1 is 1.44 bits per heavy atom. The van der Waals surface area contributed by atoms with Crippen molar-refractivity contribution in [3.63, 3.8) is 0 Å². The molecule has 0 amide bonds. The van der Waals surface area contributed by atoms with Gasteiger partial charge >= 0.3 is 0 Å². The highest BCUT2D eigenvalue weighted by molar-refractivity contribution is 5.01. The molecular weight excluding hydrogens is 112 g/mol. The Morgan fingerprint density at radius 2 is 2.33 bits per heavy atom. The summed E-state index contributed by atoms with van der Waals surface area (Å²) in [6.07, 6.45) is 7.71. The van der Waals surface area contributed by atoms with E-state index < -0.39 is 0 Å². The number of rotatable bonds is 0. The Balaban J connectivity index is 1.93. The van der Waals surface area contributed by atoms with Crippen molar-refractivity contribution in [2.24, 2.45) is 0 Å². The van der Waals surface area contributed by atoms with Crippen molar-refractivity contribution in [3.8, 4) is 0 Å². The average molecular weight is 125 g/mol. The van der Waals surface area contributed by atoms with Crippen LogP contribution in [0.15, 0.2) is 0 Å². The Bertz CT molecular complexity index is 99.5. The molecule has 0 aromatic carbocycles. The van der Waals surface area contributed by atoms with Crippen molar-refractivity contribution in [2.75, 3.05) is 6.54 Å². The van der Waals surface area contributed by atoms with Gasteiger partial charge in [-0.3, -0.25) is 10.9 Å².